The van der Waals surface area contributed by atoms with E-state index in [2.05, 4.69) is 34.6 Å². The van der Waals surface area contributed by atoms with Crippen molar-refractivity contribution in [3.63, 3.8) is 0 Å². The Bertz CT molecular complexity index is 191. The third-order valence-corrected chi connectivity index (χ3v) is 3.21. The quantitative estimate of drug-likeness (QED) is 0.482. The Morgan fingerprint density at radius 1 is 1.19 bits per heavy atom. The van der Waals surface area contributed by atoms with Gasteiger partial charge in [0.25, 0.3) is 0 Å². The van der Waals surface area contributed by atoms with Crippen molar-refractivity contribution in [2.45, 2.75) is 66.7 Å². The number of ether oxygens (including phenoxy) is 1. The molecule has 96 valence electrons. The van der Waals surface area contributed by atoms with E-state index < -0.39 is 0 Å². The van der Waals surface area contributed by atoms with E-state index >= 15 is 0 Å². The van der Waals surface area contributed by atoms with Gasteiger partial charge in [-0.1, -0.05) is 53.9 Å². The van der Waals surface area contributed by atoms with Gasteiger partial charge in [0.15, 0.2) is 0 Å². The Hall–Kier alpha value is -0.530. The normalized spacial score (nSPS) is 13.6. The van der Waals surface area contributed by atoms with Crippen molar-refractivity contribution in [3.8, 4) is 0 Å². The largest absolute Gasteiger partial charge is 0.465 e. The molecule has 0 heterocycles. The SMILES string of the molecule is CCCCCCC(=O)OC[C@@H](C)C(C)(C)C. The minimum atomic E-state index is -0.0350. The van der Waals surface area contributed by atoms with Crippen LogP contribution < -0.4 is 0 Å². The van der Waals surface area contributed by atoms with E-state index in [-0.39, 0.29) is 11.4 Å². The van der Waals surface area contributed by atoms with Crippen LogP contribution >= 0.6 is 0 Å². The molecule has 1 atom stereocenters. The highest BCUT2D eigenvalue weighted by atomic mass is 16.5. The number of hydrogen-bond donors (Lipinski definition) is 0. The molecule has 0 spiro atoms. The Morgan fingerprint density at radius 2 is 1.81 bits per heavy atom. The zero-order chi connectivity index (χ0) is 12.6. The summed E-state index contributed by atoms with van der Waals surface area (Å²) in [6.07, 6.45) is 5.11. The van der Waals surface area contributed by atoms with Gasteiger partial charge in [-0.2, -0.15) is 0 Å². The molecule has 0 aliphatic heterocycles. The molecule has 16 heavy (non-hydrogen) atoms. The van der Waals surface area contributed by atoms with E-state index in [4.69, 9.17) is 4.74 Å². The second kappa shape index (κ2) is 7.70. The Labute approximate surface area is 101 Å². The van der Waals surface area contributed by atoms with Gasteiger partial charge in [0.05, 0.1) is 6.61 Å². The minimum Gasteiger partial charge on any atom is -0.465 e. The molecule has 0 aliphatic carbocycles. The first-order chi connectivity index (χ1) is 7.38. The average molecular weight is 228 g/mol. The van der Waals surface area contributed by atoms with E-state index in [9.17, 15) is 4.79 Å². The Balaban J connectivity index is 3.58. The number of hydrogen-bond acceptors (Lipinski definition) is 2. The molecule has 0 bridgehead atoms. The summed E-state index contributed by atoms with van der Waals surface area (Å²) in [6, 6.07) is 0. The summed E-state index contributed by atoms with van der Waals surface area (Å²) in [5.74, 6) is 0.374. The fourth-order valence-corrected chi connectivity index (χ4v) is 1.24. The summed E-state index contributed by atoms with van der Waals surface area (Å²) in [7, 11) is 0. The van der Waals surface area contributed by atoms with E-state index in [0.717, 1.165) is 12.8 Å². The molecule has 0 unspecified atom stereocenters. The van der Waals surface area contributed by atoms with Gasteiger partial charge < -0.3 is 4.74 Å². The fraction of sp³-hybridized carbons (Fsp3) is 0.929. The molecule has 0 aromatic heterocycles. The molecule has 2 nitrogen and oxygen atoms in total. The highest BCUT2D eigenvalue weighted by Gasteiger charge is 2.21. The number of esters is 1. The summed E-state index contributed by atoms with van der Waals surface area (Å²) in [6.45, 7) is 11.4. The van der Waals surface area contributed by atoms with Crippen LogP contribution in [-0.4, -0.2) is 12.6 Å². The number of carbonyl (C=O) groups is 1. The van der Waals surface area contributed by atoms with Crippen LogP contribution in [0.25, 0.3) is 0 Å². The van der Waals surface area contributed by atoms with Gasteiger partial charge in [0, 0.05) is 6.42 Å². The highest BCUT2D eigenvalue weighted by Crippen LogP contribution is 2.25. The molecule has 0 saturated carbocycles. The van der Waals surface area contributed by atoms with Crippen LogP contribution in [0, 0.1) is 11.3 Å². The van der Waals surface area contributed by atoms with Gasteiger partial charge in [-0.3, -0.25) is 4.79 Å². The molecule has 0 N–H and O–H groups in total. The molecule has 0 saturated heterocycles. The van der Waals surface area contributed by atoms with E-state index in [1.807, 2.05) is 0 Å². The maximum atomic E-state index is 11.4. The van der Waals surface area contributed by atoms with E-state index in [1.165, 1.54) is 12.8 Å². The van der Waals surface area contributed by atoms with Crippen molar-refractivity contribution < 1.29 is 9.53 Å². The zero-order valence-electron chi connectivity index (χ0n) is 11.6. The monoisotopic (exact) mass is 228 g/mol. The summed E-state index contributed by atoms with van der Waals surface area (Å²) >= 11 is 0. The molecular weight excluding hydrogens is 200 g/mol. The van der Waals surface area contributed by atoms with Gasteiger partial charge >= 0.3 is 5.97 Å². The van der Waals surface area contributed by atoms with Crippen LogP contribution in [0.4, 0.5) is 0 Å². The molecule has 0 aromatic rings. The summed E-state index contributed by atoms with van der Waals surface area (Å²) in [4.78, 5) is 11.4. The predicted molar refractivity (Wildman–Crippen MR) is 68.3 cm³/mol. The molecule has 2 heteroatoms. The number of rotatable bonds is 7. The maximum Gasteiger partial charge on any atom is 0.305 e. The fourth-order valence-electron chi connectivity index (χ4n) is 1.24. The second-order valence-electron chi connectivity index (χ2n) is 5.76. The molecule has 0 radical (unpaired) electrons. The third-order valence-electron chi connectivity index (χ3n) is 3.21. The Kier molecular flexibility index (Phi) is 7.44. The van der Waals surface area contributed by atoms with Crippen molar-refractivity contribution in [2.24, 2.45) is 11.3 Å². The maximum absolute atomic E-state index is 11.4. The van der Waals surface area contributed by atoms with Crippen molar-refractivity contribution in [1.82, 2.24) is 0 Å². The minimum absolute atomic E-state index is 0.0350. The van der Waals surface area contributed by atoms with Crippen LogP contribution in [0.1, 0.15) is 66.7 Å². The lowest BCUT2D eigenvalue weighted by molar-refractivity contribution is -0.146. The van der Waals surface area contributed by atoms with Crippen molar-refractivity contribution in [1.29, 1.82) is 0 Å². The van der Waals surface area contributed by atoms with Crippen LogP contribution in [-0.2, 0) is 9.53 Å². The Morgan fingerprint density at radius 3 is 2.31 bits per heavy atom. The van der Waals surface area contributed by atoms with Crippen LogP contribution in [0.3, 0.4) is 0 Å². The lowest BCUT2D eigenvalue weighted by Gasteiger charge is -2.26. The van der Waals surface area contributed by atoms with Gasteiger partial charge in [0.2, 0.25) is 0 Å². The van der Waals surface area contributed by atoms with E-state index in [0.29, 0.717) is 18.9 Å². The van der Waals surface area contributed by atoms with Crippen molar-refractivity contribution in [2.75, 3.05) is 6.61 Å². The first-order valence-corrected chi connectivity index (χ1v) is 6.53. The summed E-state index contributed by atoms with van der Waals surface area (Å²) < 4.78 is 5.27. The average Bonchev–Trinajstić information content (AvgIpc) is 2.19. The summed E-state index contributed by atoms with van der Waals surface area (Å²) in [5.41, 5.74) is 0.211. The first-order valence-electron chi connectivity index (χ1n) is 6.53. The predicted octanol–water partition coefficient (Wildman–Crippen LogP) is 4.18. The molecule has 0 rings (SSSR count). The highest BCUT2D eigenvalue weighted by molar-refractivity contribution is 5.69. The smallest absolute Gasteiger partial charge is 0.305 e. The van der Waals surface area contributed by atoms with Crippen LogP contribution in [0.5, 0.6) is 0 Å². The van der Waals surface area contributed by atoms with Gasteiger partial charge in [0.1, 0.15) is 0 Å². The topological polar surface area (TPSA) is 26.3 Å². The van der Waals surface area contributed by atoms with Gasteiger partial charge in [-0.25, -0.2) is 0 Å². The zero-order valence-corrected chi connectivity index (χ0v) is 11.6. The third kappa shape index (κ3) is 7.72. The van der Waals surface area contributed by atoms with Gasteiger partial charge in [-0.05, 0) is 17.8 Å². The number of carbonyl (C=O) groups excluding carboxylic acids is 1. The summed E-state index contributed by atoms with van der Waals surface area (Å²) in [5, 5.41) is 0. The molecule has 0 amide bonds. The first kappa shape index (κ1) is 15.5. The molecule has 0 aromatic carbocycles. The van der Waals surface area contributed by atoms with Crippen molar-refractivity contribution in [3.05, 3.63) is 0 Å². The molecular formula is C14H28O2. The standard InChI is InChI=1S/C14H28O2/c1-6-7-8-9-10-13(15)16-11-12(2)14(3,4)5/h12H,6-11H2,1-5H3/t12-/m1/s1. The second-order valence-corrected chi connectivity index (χ2v) is 5.76. The van der Waals surface area contributed by atoms with Crippen LogP contribution in [0.2, 0.25) is 0 Å². The lowest BCUT2D eigenvalue weighted by Crippen LogP contribution is -2.23. The van der Waals surface area contributed by atoms with Crippen molar-refractivity contribution >= 4 is 5.97 Å². The molecule has 0 aliphatic rings. The van der Waals surface area contributed by atoms with Gasteiger partial charge in [-0.15, -0.1) is 0 Å². The lowest BCUT2D eigenvalue weighted by atomic mass is 9.83. The molecule has 0 fully saturated rings. The van der Waals surface area contributed by atoms with E-state index in [1.54, 1.807) is 0 Å². The van der Waals surface area contributed by atoms with Crippen LogP contribution in [0.15, 0.2) is 0 Å². The number of unbranched alkanes of at least 4 members (excludes halogenated alkanes) is 3.